The Hall–Kier alpha value is -1.63. The fourth-order valence-corrected chi connectivity index (χ4v) is 2.15. The van der Waals surface area contributed by atoms with Gasteiger partial charge in [-0.15, -0.1) is 34.2 Å². The number of nitrogens with zero attached hydrogens (tertiary/aromatic N) is 5. The molecule has 2 heterocycles. The van der Waals surface area contributed by atoms with E-state index in [1.807, 2.05) is 28.8 Å². The lowest BCUT2D eigenvalue weighted by molar-refractivity contribution is -0.142. The van der Waals surface area contributed by atoms with Gasteiger partial charge in [-0.05, 0) is 19.2 Å². The van der Waals surface area contributed by atoms with Gasteiger partial charge in [0.1, 0.15) is 0 Å². The topological polar surface area (TPSA) is 69.8 Å². The number of guanidine groups is 1. The Morgan fingerprint density at radius 3 is 2.72 bits per heavy atom. The highest BCUT2D eigenvalue weighted by Crippen LogP contribution is 2.14. The molecule has 25 heavy (non-hydrogen) atoms. The van der Waals surface area contributed by atoms with Crippen molar-refractivity contribution in [3.63, 3.8) is 0 Å². The Kier molecular flexibility index (Phi) is 8.35. The van der Waals surface area contributed by atoms with Crippen molar-refractivity contribution in [3.8, 4) is 0 Å². The molecule has 2 N–H and O–H groups in total. The molecule has 140 valence electrons. The summed E-state index contributed by atoms with van der Waals surface area (Å²) < 4.78 is 38.6. The van der Waals surface area contributed by atoms with Crippen molar-refractivity contribution in [2.24, 2.45) is 4.99 Å². The highest BCUT2D eigenvalue weighted by Gasteiger charge is 2.28. The molecular formula is C14H21F3IN7. The van der Waals surface area contributed by atoms with Gasteiger partial charge in [-0.2, -0.15) is 13.2 Å². The molecule has 0 fully saturated rings. The number of aliphatic imine (C=N–C) groups is 1. The minimum absolute atomic E-state index is 0. The summed E-state index contributed by atoms with van der Waals surface area (Å²) in [7, 11) is 3.02. The van der Waals surface area contributed by atoms with Gasteiger partial charge in [-0.3, -0.25) is 14.3 Å². The van der Waals surface area contributed by atoms with Crippen molar-refractivity contribution in [2.75, 3.05) is 33.7 Å². The largest absolute Gasteiger partial charge is 0.401 e. The van der Waals surface area contributed by atoms with Crippen LogP contribution in [0.15, 0.2) is 29.4 Å². The average Bonchev–Trinajstić information content (AvgIpc) is 2.92. The van der Waals surface area contributed by atoms with Crippen LogP contribution >= 0.6 is 24.0 Å². The number of rotatable bonds is 6. The first-order chi connectivity index (χ1) is 11.4. The van der Waals surface area contributed by atoms with Crippen molar-refractivity contribution >= 4 is 35.6 Å². The molecule has 2 rings (SSSR count). The van der Waals surface area contributed by atoms with Crippen LogP contribution < -0.4 is 10.6 Å². The minimum Gasteiger partial charge on any atom is -0.355 e. The molecule has 0 aromatic carbocycles. The quantitative estimate of drug-likeness (QED) is 0.380. The fraction of sp³-hybridized carbons (Fsp3) is 0.500. The van der Waals surface area contributed by atoms with Gasteiger partial charge in [-0.25, -0.2) is 0 Å². The Labute approximate surface area is 160 Å². The van der Waals surface area contributed by atoms with Gasteiger partial charge >= 0.3 is 6.18 Å². The molecule has 2 aromatic rings. The summed E-state index contributed by atoms with van der Waals surface area (Å²) in [4.78, 5) is 5.24. The van der Waals surface area contributed by atoms with Crippen LogP contribution in [0.4, 0.5) is 13.2 Å². The summed E-state index contributed by atoms with van der Waals surface area (Å²) in [5, 5.41) is 14.2. The van der Waals surface area contributed by atoms with Gasteiger partial charge < -0.3 is 10.6 Å². The number of hydrogen-bond donors (Lipinski definition) is 2. The molecule has 0 saturated heterocycles. The van der Waals surface area contributed by atoms with E-state index in [4.69, 9.17) is 0 Å². The fourth-order valence-electron chi connectivity index (χ4n) is 2.15. The molecule has 0 atom stereocenters. The summed E-state index contributed by atoms with van der Waals surface area (Å²) in [6.07, 6.45) is -2.34. The van der Waals surface area contributed by atoms with Crippen molar-refractivity contribution in [2.45, 2.75) is 12.7 Å². The molecule has 7 nitrogen and oxygen atoms in total. The van der Waals surface area contributed by atoms with E-state index in [-0.39, 0.29) is 30.5 Å². The zero-order valence-corrected chi connectivity index (χ0v) is 16.2. The lowest BCUT2D eigenvalue weighted by Crippen LogP contribution is -2.42. The lowest BCUT2D eigenvalue weighted by Gasteiger charge is -2.19. The lowest BCUT2D eigenvalue weighted by atomic mass is 10.4. The number of aromatic nitrogens is 3. The molecule has 0 aliphatic carbocycles. The zero-order chi connectivity index (χ0) is 17.6. The number of nitrogens with one attached hydrogen (secondary N) is 2. The molecule has 0 aliphatic rings. The predicted octanol–water partition coefficient (Wildman–Crippen LogP) is 1.51. The highest BCUT2D eigenvalue weighted by atomic mass is 127. The van der Waals surface area contributed by atoms with E-state index in [9.17, 15) is 13.2 Å². The molecule has 11 heteroatoms. The normalized spacial score (nSPS) is 12.3. The third-order valence-electron chi connectivity index (χ3n) is 3.26. The molecule has 0 radical (unpaired) electrons. The van der Waals surface area contributed by atoms with Crippen LogP contribution in [0.5, 0.6) is 0 Å². The van der Waals surface area contributed by atoms with E-state index >= 15 is 0 Å². The zero-order valence-electron chi connectivity index (χ0n) is 13.9. The van der Waals surface area contributed by atoms with Crippen LogP contribution in [0.3, 0.4) is 0 Å². The number of pyridine rings is 1. The third kappa shape index (κ3) is 7.02. The van der Waals surface area contributed by atoms with Gasteiger partial charge in [0.15, 0.2) is 17.4 Å². The molecule has 0 unspecified atom stereocenters. The first-order valence-electron chi connectivity index (χ1n) is 7.37. The number of halogens is 4. The summed E-state index contributed by atoms with van der Waals surface area (Å²) in [5.41, 5.74) is 0.742. The molecule has 2 aromatic heterocycles. The van der Waals surface area contributed by atoms with E-state index in [1.165, 1.54) is 11.9 Å². The van der Waals surface area contributed by atoms with E-state index in [0.29, 0.717) is 24.9 Å². The number of hydrogen-bond acceptors (Lipinski definition) is 4. The monoisotopic (exact) mass is 471 g/mol. The second-order valence-corrected chi connectivity index (χ2v) is 5.25. The van der Waals surface area contributed by atoms with Gasteiger partial charge in [0.2, 0.25) is 0 Å². The van der Waals surface area contributed by atoms with Crippen LogP contribution in [0, 0.1) is 0 Å². The number of fused-ring (bicyclic) bond motifs is 1. The van der Waals surface area contributed by atoms with Crippen molar-refractivity contribution in [1.82, 2.24) is 30.1 Å². The van der Waals surface area contributed by atoms with Gasteiger partial charge in [0.05, 0.1) is 13.1 Å². The maximum atomic E-state index is 12.3. The molecule has 0 amide bonds. The first-order valence-corrected chi connectivity index (χ1v) is 7.37. The molecule has 0 bridgehead atoms. The molecule has 0 spiro atoms. The number of likely N-dealkylation sites (N-methyl/N-ethyl adjacent to an activating group) is 1. The second-order valence-electron chi connectivity index (χ2n) is 5.25. The van der Waals surface area contributed by atoms with Crippen molar-refractivity contribution in [3.05, 3.63) is 30.2 Å². The summed E-state index contributed by atoms with van der Waals surface area (Å²) in [5.74, 6) is 1.20. The Bertz CT molecular complexity index is 686. The van der Waals surface area contributed by atoms with E-state index in [1.54, 1.807) is 7.05 Å². The SMILES string of the molecule is CN=C(NCCN(C)CC(F)(F)F)NCc1nnc2ccccn12.I. The van der Waals surface area contributed by atoms with Crippen molar-refractivity contribution in [1.29, 1.82) is 0 Å². The molecule has 0 saturated carbocycles. The maximum Gasteiger partial charge on any atom is 0.401 e. The highest BCUT2D eigenvalue weighted by molar-refractivity contribution is 14.0. The van der Waals surface area contributed by atoms with Crippen LogP contribution in [0.25, 0.3) is 5.65 Å². The summed E-state index contributed by atoms with van der Waals surface area (Å²) in [6.45, 7) is 0.0383. The Morgan fingerprint density at radius 2 is 2.04 bits per heavy atom. The van der Waals surface area contributed by atoms with E-state index in [2.05, 4.69) is 25.8 Å². The van der Waals surface area contributed by atoms with Crippen LogP contribution in [-0.2, 0) is 6.54 Å². The smallest absolute Gasteiger partial charge is 0.355 e. The van der Waals surface area contributed by atoms with Crippen LogP contribution in [-0.4, -0.2) is 65.4 Å². The summed E-state index contributed by atoms with van der Waals surface area (Å²) >= 11 is 0. The Morgan fingerprint density at radius 1 is 1.28 bits per heavy atom. The predicted molar refractivity (Wildman–Crippen MR) is 100 cm³/mol. The van der Waals surface area contributed by atoms with Crippen LogP contribution in [0.2, 0.25) is 0 Å². The average molecular weight is 471 g/mol. The van der Waals surface area contributed by atoms with E-state index < -0.39 is 12.7 Å². The van der Waals surface area contributed by atoms with Gasteiger partial charge in [-0.1, -0.05) is 6.07 Å². The number of alkyl halides is 3. The summed E-state index contributed by atoms with van der Waals surface area (Å²) in [6, 6.07) is 5.60. The standard InChI is InChI=1S/C14H20F3N7.HI/c1-18-13(19-6-8-23(2)10-14(15,16)17)20-9-12-22-21-11-5-3-4-7-24(11)12;/h3-5,7H,6,8-10H2,1-2H3,(H2,18,19,20);1H. The first kappa shape index (κ1) is 21.4. The minimum atomic E-state index is -4.19. The molecule has 0 aliphatic heterocycles. The Balaban J connectivity index is 0.00000312. The van der Waals surface area contributed by atoms with Crippen LogP contribution in [0.1, 0.15) is 5.82 Å². The maximum absolute atomic E-state index is 12.3. The van der Waals surface area contributed by atoms with Gasteiger partial charge in [0, 0.05) is 26.3 Å². The third-order valence-corrected chi connectivity index (χ3v) is 3.26. The van der Waals surface area contributed by atoms with Crippen molar-refractivity contribution < 1.29 is 13.2 Å². The van der Waals surface area contributed by atoms with E-state index in [0.717, 1.165) is 5.65 Å². The van der Waals surface area contributed by atoms with Gasteiger partial charge in [0.25, 0.3) is 0 Å². The molecular weight excluding hydrogens is 450 g/mol. The second kappa shape index (κ2) is 9.75.